The van der Waals surface area contributed by atoms with Crippen LogP contribution in [0.5, 0.6) is 5.88 Å². The molecule has 6 aromatic rings. The van der Waals surface area contributed by atoms with Gasteiger partial charge in [0.15, 0.2) is 11.5 Å². The third kappa shape index (κ3) is 6.40. The molecule has 0 aliphatic carbocycles. The summed E-state index contributed by atoms with van der Waals surface area (Å²) in [6.45, 7) is 1.76. The summed E-state index contributed by atoms with van der Waals surface area (Å²) in [5.74, 6) is 2.06. The standard InChI is InChI=1S/C34H30FN11O/c35-21-47-31-10-5-23(19-40-31)27-8-9-28-34(42-27)46(33(43-28)26-2-1-14-39-32(26)37)25-6-3-22(4-7-25)20-45-16-12-24(13-17-45)41-29-11-15-38-30(18-36)44-29/h1-11,14-15,19,24H,12-13,16-17,20-21H2,(H2,37,39)(H,38,41,44). The average molecular weight is 628 g/mol. The SMILES string of the molecule is N#Cc1nccc(NC2CCN(Cc3ccc(-n4c(-c5cccnc5N)nc5ccc(-c6ccc(OCF)nc6)nc54)cc3)CC2)n1. The highest BCUT2D eigenvalue weighted by Gasteiger charge is 2.21. The van der Waals surface area contributed by atoms with Crippen molar-refractivity contribution in [2.24, 2.45) is 0 Å². The fourth-order valence-corrected chi connectivity index (χ4v) is 5.77. The number of pyridine rings is 3. The van der Waals surface area contributed by atoms with Crippen LogP contribution in [0.25, 0.3) is 39.5 Å². The van der Waals surface area contributed by atoms with Gasteiger partial charge in [-0.2, -0.15) is 5.26 Å². The van der Waals surface area contributed by atoms with E-state index in [1.807, 2.05) is 34.9 Å². The maximum atomic E-state index is 12.6. The molecule has 0 unspecified atom stereocenters. The molecule has 1 aromatic carbocycles. The number of benzene rings is 1. The molecule has 12 nitrogen and oxygen atoms in total. The van der Waals surface area contributed by atoms with Crippen LogP contribution in [-0.4, -0.2) is 65.4 Å². The fourth-order valence-electron chi connectivity index (χ4n) is 5.77. The second kappa shape index (κ2) is 13.2. The first-order valence-electron chi connectivity index (χ1n) is 15.1. The Morgan fingerprint density at radius 3 is 2.53 bits per heavy atom. The first-order valence-corrected chi connectivity index (χ1v) is 15.1. The van der Waals surface area contributed by atoms with Gasteiger partial charge in [-0.05, 0) is 66.9 Å². The summed E-state index contributed by atoms with van der Waals surface area (Å²) in [5.41, 5.74) is 11.9. The lowest BCUT2D eigenvalue weighted by atomic mass is 10.0. The van der Waals surface area contributed by atoms with E-state index in [0.717, 1.165) is 43.7 Å². The molecule has 0 radical (unpaired) electrons. The van der Waals surface area contributed by atoms with E-state index in [1.54, 1.807) is 36.8 Å². The molecule has 234 valence electrons. The van der Waals surface area contributed by atoms with Crippen LogP contribution in [0.1, 0.15) is 24.2 Å². The van der Waals surface area contributed by atoms with E-state index < -0.39 is 6.86 Å². The quantitative estimate of drug-likeness (QED) is 0.218. The zero-order chi connectivity index (χ0) is 32.2. The molecule has 0 spiro atoms. The third-order valence-corrected chi connectivity index (χ3v) is 8.11. The number of hydrogen-bond donors (Lipinski definition) is 2. The van der Waals surface area contributed by atoms with Gasteiger partial charge in [0.2, 0.25) is 18.6 Å². The van der Waals surface area contributed by atoms with Crippen molar-refractivity contribution in [2.45, 2.75) is 25.4 Å². The van der Waals surface area contributed by atoms with E-state index in [9.17, 15) is 4.39 Å². The molecule has 0 amide bonds. The van der Waals surface area contributed by atoms with E-state index in [1.165, 1.54) is 5.56 Å². The summed E-state index contributed by atoms with van der Waals surface area (Å²) in [6, 6.07) is 23.4. The van der Waals surface area contributed by atoms with Crippen molar-refractivity contribution in [1.29, 1.82) is 5.26 Å². The van der Waals surface area contributed by atoms with Gasteiger partial charge in [0, 0.05) is 61.6 Å². The highest BCUT2D eigenvalue weighted by Crippen LogP contribution is 2.32. The first kappa shape index (κ1) is 29.7. The van der Waals surface area contributed by atoms with Crippen molar-refractivity contribution < 1.29 is 9.13 Å². The number of alkyl halides is 1. The summed E-state index contributed by atoms with van der Waals surface area (Å²) in [5, 5.41) is 12.5. The second-order valence-electron chi connectivity index (χ2n) is 11.1. The lowest BCUT2D eigenvalue weighted by Crippen LogP contribution is -2.38. The van der Waals surface area contributed by atoms with Crippen LogP contribution in [0.2, 0.25) is 0 Å². The van der Waals surface area contributed by atoms with Crippen molar-refractivity contribution >= 4 is 22.8 Å². The molecule has 6 heterocycles. The second-order valence-corrected chi connectivity index (χ2v) is 11.1. The smallest absolute Gasteiger partial charge is 0.234 e. The van der Waals surface area contributed by atoms with Gasteiger partial charge in [-0.3, -0.25) is 9.47 Å². The Morgan fingerprint density at radius 2 is 1.79 bits per heavy atom. The molecule has 1 fully saturated rings. The predicted octanol–water partition coefficient (Wildman–Crippen LogP) is 5.17. The summed E-state index contributed by atoms with van der Waals surface area (Å²) < 4.78 is 19.4. The van der Waals surface area contributed by atoms with Gasteiger partial charge in [0.1, 0.15) is 23.2 Å². The molecule has 1 aliphatic rings. The molecule has 0 saturated carbocycles. The van der Waals surface area contributed by atoms with Gasteiger partial charge in [-0.1, -0.05) is 12.1 Å². The minimum Gasteiger partial charge on any atom is -0.446 e. The van der Waals surface area contributed by atoms with E-state index in [0.29, 0.717) is 39.9 Å². The zero-order valence-electron chi connectivity index (χ0n) is 25.3. The Balaban J connectivity index is 1.13. The Kier molecular flexibility index (Phi) is 8.31. The highest BCUT2D eigenvalue weighted by atomic mass is 19.1. The lowest BCUT2D eigenvalue weighted by Gasteiger charge is -2.32. The molecule has 5 aromatic heterocycles. The largest absolute Gasteiger partial charge is 0.446 e. The number of imidazole rings is 1. The van der Waals surface area contributed by atoms with Crippen LogP contribution in [0, 0.1) is 11.3 Å². The lowest BCUT2D eigenvalue weighted by molar-refractivity contribution is 0.185. The van der Waals surface area contributed by atoms with Crippen molar-refractivity contribution in [3.05, 3.63) is 96.7 Å². The van der Waals surface area contributed by atoms with Crippen LogP contribution in [0.3, 0.4) is 0 Å². The average Bonchev–Trinajstić information content (AvgIpc) is 3.49. The molecule has 1 aliphatic heterocycles. The summed E-state index contributed by atoms with van der Waals surface area (Å²) >= 11 is 0. The van der Waals surface area contributed by atoms with Gasteiger partial charge in [0.25, 0.3) is 0 Å². The number of nitrogens with one attached hydrogen (secondary N) is 1. The molecular weight excluding hydrogens is 597 g/mol. The minimum atomic E-state index is -0.943. The van der Waals surface area contributed by atoms with Gasteiger partial charge in [-0.15, -0.1) is 0 Å². The molecule has 47 heavy (non-hydrogen) atoms. The van der Waals surface area contributed by atoms with Crippen molar-refractivity contribution in [1.82, 2.24) is 39.4 Å². The summed E-state index contributed by atoms with van der Waals surface area (Å²) in [4.78, 5) is 29.0. The van der Waals surface area contributed by atoms with E-state index in [4.69, 9.17) is 25.7 Å². The van der Waals surface area contributed by atoms with Gasteiger partial charge in [-0.25, -0.2) is 34.3 Å². The van der Waals surface area contributed by atoms with Gasteiger partial charge < -0.3 is 15.8 Å². The van der Waals surface area contributed by atoms with Crippen molar-refractivity contribution in [3.8, 4) is 40.3 Å². The van der Waals surface area contributed by atoms with Crippen LogP contribution in [0.15, 0.2) is 85.3 Å². The number of likely N-dealkylation sites (tertiary alicyclic amines) is 1. The topological polar surface area (TPSA) is 157 Å². The molecule has 1 saturated heterocycles. The number of hydrogen-bond acceptors (Lipinski definition) is 11. The predicted molar refractivity (Wildman–Crippen MR) is 175 cm³/mol. The molecule has 0 atom stereocenters. The minimum absolute atomic E-state index is 0.167. The van der Waals surface area contributed by atoms with Crippen LogP contribution < -0.4 is 15.8 Å². The van der Waals surface area contributed by atoms with Crippen LogP contribution in [0.4, 0.5) is 16.0 Å². The molecule has 7 rings (SSSR count). The molecule has 0 bridgehead atoms. The van der Waals surface area contributed by atoms with Crippen molar-refractivity contribution in [2.75, 3.05) is 31.0 Å². The number of nitriles is 1. The number of anilines is 2. The van der Waals surface area contributed by atoms with Gasteiger partial charge >= 0.3 is 0 Å². The number of halogens is 1. The Labute approximate surface area is 269 Å². The highest BCUT2D eigenvalue weighted by molar-refractivity contribution is 5.84. The maximum Gasteiger partial charge on any atom is 0.234 e. The fraction of sp³-hybridized carbons (Fsp3) is 0.206. The number of nitrogens with two attached hydrogens (primary N) is 1. The summed E-state index contributed by atoms with van der Waals surface area (Å²) in [7, 11) is 0. The Bertz CT molecular complexity index is 2050. The van der Waals surface area contributed by atoms with Crippen LogP contribution in [-0.2, 0) is 6.54 Å². The van der Waals surface area contributed by atoms with Crippen LogP contribution >= 0.6 is 0 Å². The molecule has 3 N–H and O–H groups in total. The number of piperidine rings is 1. The number of fused-ring (bicyclic) bond motifs is 1. The summed E-state index contributed by atoms with van der Waals surface area (Å²) in [6.07, 6.45) is 6.80. The van der Waals surface area contributed by atoms with E-state index in [-0.39, 0.29) is 17.7 Å². The Hall–Kier alpha value is -6.00. The Morgan fingerprint density at radius 1 is 0.936 bits per heavy atom. The van der Waals surface area contributed by atoms with Crippen molar-refractivity contribution in [3.63, 3.8) is 0 Å². The third-order valence-electron chi connectivity index (χ3n) is 8.11. The number of ether oxygens (including phenoxy) is 1. The normalized spacial score (nSPS) is 13.8. The zero-order valence-corrected chi connectivity index (χ0v) is 25.3. The maximum absolute atomic E-state index is 12.6. The number of rotatable bonds is 9. The van der Waals surface area contributed by atoms with E-state index in [2.05, 4.69) is 54.4 Å². The number of nitrogens with zero attached hydrogens (tertiary/aromatic N) is 9. The number of nitrogen functional groups attached to an aromatic ring is 1. The van der Waals surface area contributed by atoms with E-state index >= 15 is 0 Å². The number of aromatic nitrogens is 7. The molecular formula is C34H30FN11O. The van der Waals surface area contributed by atoms with Gasteiger partial charge in [0.05, 0.1) is 11.3 Å². The monoisotopic (exact) mass is 627 g/mol. The molecule has 13 heteroatoms. The first-order chi connectivity index (χ1) is 23.1.